The van der Waals surface area contributed by atoms with E-state index in [4.69, 9.17) is 5.84 Å². The van der Waals surface area contributed by atoms with Crippen molar-refractivity contribution in [1.82, 2.24) is 14.9 Å². The van der Waals surface area contributed by atoms with Crippen LogP contribution < -0.4 is 11.2 Å². The molecule has 1 amide bonds. The van der Waals surface area contributed by atoms with Crippen LogP contribution in [-0.2, 0) is 0 Å². The summed E-state index contributed by atoms with van der Waals surface area (Å²) in [6, 6.07) is 11.5. The molecule has 6 heteroatoms. The third kappa shape index (κ3) is 2.46. The first-order valence-electron chi connectivity index (χ1n) is 6.34. The molecule has 3 rings (SSSR count). The molecule has 0 atom stereocenters. The van der Waals surface area contributed by atoms with Crippen LogP contribution in [0.5, 0.6) is 0 Å². The average molecular weight is 279 g/mol. The Morgan fingerprint density at radius 1 is 1.29 bits per heavy atom. The minimum Gasteiger partial charge on any atom is -0.322 e. The first kappa shape index (κ1) is 12.9. The van der Waals surface area contributed by atoms with Crippen LogP contribution in [0.15, 0.2) is 60.1 Å². The van der Waals surface area contributed by atoms with Gasteiger partial charge in [-0.1, -0.05) is 18.2 Å². The molecule has 0 saturated carbocycles. The van der Waals surface area contributed by atoms with Gasteiger partial charge in [0, 0.05) is 24.0 Å². The Morgan fingerprint density at radius 2 is 2.14 bits per heavy atom. The number of carbonyl (C=O) groups excluding carboxylic acids is 1. The number of fused-ring (bicyclic) bond motifs is 1. The number of hydrogen-bond donors (Lipinski definition) is 2. The van der Waals surface area contributed by atoms with E-state index in [0.29, 0.717) is 5.56 Å². The van der Waals surface area contributed by atoms with E-state index in [2.05, 4.69) is 15.4 Å². The number of aromatic nitrogens is 2. The Labute approximate surface area is 120 Å². The minimum atomic E-state index is -0.267. The van der Waals surface area contributed by atoms with Gasteiger partial charge < -0.3 is 15.7 Å². The van der Waals surface area contributed by atoms with E-state index in [1.54, 1.807) is 18.5 Å². The van der Waals surface area contributed by atoms with Crippen LogP contribution in [0.4, 0.5) is 0 Å². The number of carbonyl (C=O) groups is 1. The summed E-state index contributed by atoms with van der Waals surface area (Å²) in [5, 5.41) is 6.75. The smallest absolute Gasteiger partial charge is 0.257 e. The van der Waals surface area contributed by atoms with Crippen LogP contribution in [0.1, 0.15) is 10.4 Å². The molecule has 3 aromatic rings. The number of benzene rings is 1. The summed E-state index contributed by atoms with van der Waals surface area (Å²) >= 11 is 0. The highest BCUT2D eigenvalue weighted by Crippen LogP contribution is 2.20. The molecule has 0 fully saturated rings. The van der Waals surface area contributed by atoms with Gasteiger partial charge in [0.05, 0.1) is 16.8 Å². The van der Waals surface area contributed by atoms with Crippen molar-refractivity contribution in [3.8, 4) is 5.69 Å². The summed E-state index contributed by atoms with van der Waals surface area (Å²) in [6.45, 7) is 0. The van der Waals surface area contributed by atoms with Gasteiger partial charge in [0.15, 0.2) is 0 Å². The summed E-state index contributed by atoms with van der Waals surface area (Å²) in [7, 11) is 0. The quantitative estimate of drug-likeness (QED) is 0.331. The van der Waals surface area contributed by atoms with Gasteiger partial charge in [-0.3, -0.25) is 9.78 Å². The average Bonchev–Trinajstić information content (AvgIpc) is 3.02. The number of amides is 1. The second-order valence-corrected chi connectivity index (χ2v) is 4.41. The maximum Gasteiger partial charge on any atom is 0.257 e. The molecule has 1 aromatic carbocycles. The first-order chi connectivity index (χ1) is 10.3. The minimum absolute atomic E-state index is 0.267. The summed E-state index contributed by atoms with van der Waals surface area (Å²) in [4.78, 5) is 16.2. The highest BCUT2D eigenvalue weighted by molar-refractivity contribution is 6.00. The molecule has 21 heavy (non-hydrogen) atoms. The summed E-state index contributed by atoms with van der Waals surface area (Å²) < 4.78 is 1.86. The molecule has 0 bridgehead atoms. The molecule has 0 saturated heterocycles. The van der Waals surface area contributed by atoms with Gasteiger partial charge in [-0.2, -0.15) is 5.10 Å². The summed E-state index contributed by atoms with van der Waals surface area (Å²) in [5.74, 6) is 4.69. The summed E-state index contributed by atoms with van der Waals surface area (Å²) in [6.07, 6.45) is 6.46. The van der Waals surface area contributed by atoms with Crippen LogP contribution in [0.25, 0.3) is 16.6 Å². The van der Waals surface area contributed by atoms with Gasteiger partial charge in [-0.25, -0.2) is 0 Å². The number of hydrazone groups is 1. The van der Waals surface area contributed by atoms with E-state index in [0.717, 1.165) is 22.9 Å². The van der Waals surface area contributed by atoms with E-state index in [-0.39, 0.29) is 5.91 Å². The van der Waals surface area contributed by atoms with Crippen molar-refractivity contribution in [3.63, 3.8) is 0 Å². The fourth-order valence-electron chi connectivity index (χ4n) is 2.16. The molecule has 3 N–H and O–H groups in total. The zero-order valence-corrected chi connectivity index (χ0v) is 11.1. The van der Waals surface area contributed by atoms with Gasteiger partial charge in [0.1, 0.15) is 6.34 Å². The van der Waals surface area contributed by atoms with Crippen molar-refractivity contribution in [2.24, 2.45) is 10.9 Å². The molecule has 0 spiro atoms. The van der Waals surface area contributed by atoms with Gasteiger partial charge in [0.2, 0.25) is 0 Å². The second kappa shape index (κ2) is 5.46. The van der Waals surface area contributed by atoms with Crippen LogP contribution in [0, 0.1) is 0 Å². The molecule has 0 aliphatic carbocycles. The van der Waals surface area contributed by atoms with Crippen molar-refractivity contribution >= 4 is 23.1 Å². The van der Waals surface area contributed by atoms with Crippen LogP contribution in [0.2, 0.25) is 0 Å². The van der Waals surface area contributed by atoms with E-state index in [9.17, 15) is 4.79 Å². The molecule has 2 aromatic heterocycles. The van der Waals surface area contributed by atoms with E-state index < -0.39 is 0 Å². The van der Waals surface area contributed by atoms with E-state index >= 15 is 0 Å². The molecular weight excluding hydrogens is 266 g/mol. The maximum absolute atomic E-state index is 11.8. The number of rotatable bonds is 3. The monoisotopic (exact) mass is 279 g/mol. The van der Waals surface area contributed by atoms with Crippen molar-refractivity contribution in [2.45, 2.75) is 0 Å². The summed E-state index contributed by atoms with van der Waals surface area (Å²) in [5.41, 5.74) is 2.31. The lowest BCUT2D eigenvalue weighted by Crippen LogP contribution is -2.21. The van der Waals surface area contributed by atoms with Gasteiger partial charge in [-0.15, -0.1) is 0 Å². The molecule has 0 unspecified atom stereocenters. The fraction of sp³-hybridized carbons (Fsp3) is 0. The lowest BCUT2D eigenvalue weighted by atomic mass is 10.2. The fourth-order valence-corrected chi connectivity index (χ4v) is 2.16. The van der Waals surface area contributed by atoms with E-state index in [1.165, 1.54) is 0 Å². The zero-order chi connectivity index (χ0) is 14.7. The Hall–Kier alpha value is -3.15. The predicted molar refractivity (Wildman–Crippen MR) is 81.2 cm³/mol. The zero-order valence-electron chi connectivity index (χ0n) is 11.1. The largest absolute Gasteiger partial charge is 0.322 e. The van der Waals surface area contributed by atoms with Gasteiger partial charge in [0.25, 0.3) is 5.91 Å². The Bertz CT molecular complexity index is 816. The lowest BCUT2D eigenvalue weighted by molar-refractivity contribution is 0.0978. The standard InChI is InChI=1S/C15H13N5O/c16-19-10-18-15(21)12-6-8-20(9-12)13-5-1-3-11-4-2-7-17-14(11)13/h1-10H,16H2,(H,18,19,21). The van der Waals surface area contributed by atoms with Crippen LogP contribution in [-0.4, -0.2) is 21.8 Å². The number of nitrogens with two attached hydrogens (primary N) is 1. The van der Waals surface area contributed by atoms with Crippen LogP contribution in [0.3, 0.4) is 0 Å². The third-order valence-electron chi connectivity index (χ3n) is 3.11. The van der Waals surface area contributed by atoms with Crippen LogP contribution >= 0.6 is 0 Å². The first-order valence-corrected chi connectivity index (χ1v) is 6.34. The van der Waals surface area contributed by atoms with Crippen molar-refractivity contribution in [3.05, 3.63) is 60.6 Å². The SMILES string of the molecule is NN=CNC(=O)c1ccn(-c2cccc3cccnc23)c1. The molecule has 6 nitrogen and oxygen atoms in total. The van der Waals surface area contributed by atoms with Crippen molar-refractivity contribution < 1.29 is 4.79 Å². The van der Waals surface area contributed by atoms with Gasteiger partial charge >= 0.3 is 0 Å². The molecule has 0 aliphatic heterocycles. The normalized spacial score (nSPS) is 11.0. The molecule has 0 aliphatic rings. The lowest BCUT2D eigenvalue weighted by Gasteiger charge is -2.06. The number of hydrogen-bond acceptors (Lipinski definition) is 4. The maximum atomic E-state index is 11.8. The Morgan fingerprint density at radius 3 is 3.00 bits per heavy atom. The van der Waals surface area contributed by atoms with E-state index in [1.807, 2.05) is 41.1 Å². The number of nitrogens with zero attached hydrogens (tertiary/aromatic N) is 3. The highest BCUT2D eigenvalue weighted by atomic mass is 16.1. The van der Waals surface area contributed by atoms with Gasteiger partial charge in [-0.05, 0) is 18.2 Å². The second-order valence-electron chi connectivity index (χ2n) is 4.41. The topological polar surface area (TPSA) is 85.3 Å². The highest BCUT2D eigenvalue weighted by Gasteiger charge is 2.09. The van der Waals surface area contributed by atoms with Crippen molar-refractivity contribution in [1.29, 1.82) is 0 Å². The number of para-hydroxylation sites is 1. The Kier molecular flexibility index (Phi) is 3.34. The predicted octanol–water partition coefficient (Wildman–Crippen LogP) is 1.66. The molecule has 104 valence electrons. The molecule has 0 radical (unpaired) electrons. The molecular formula is C15H13N5O. The van der Waals surface area contributed by atoms with Crippen molar-refractivity contribution in [2.75, 3.05) is 0 Å². The number of pyridine rings is 1. The Balaban J connectivity index is 2.00. The number of nitrogens with one attached hydrogen (secondary N) is 1. The molecule has 2 heterocycles. The third-order valence-corrected chi connectivity index (χ3v) is 3.11.